The summed E-state index contributed by atoms with van der Waals surface area (Å²) in [6, 6.07) is 12.2. The Labute approximate surface area is 123 Å². The van der Waals surface area contributed by atoms with Gasteiger partial charge < -0.3 is 10.2 Å². The number of nitrogens with zero attached hydrogens (tertiary/aromatic N) is 2. The summed E-state index contributed by atoms with van der Waals surface area (Å²) in [5, 5.41) is 2.78. The lowest BCUT2D eigenvalue weighted by Crippen LogP contribution is -2.31. The third-order valence-corrected chi connectivity index (χ3v) is 3.01. The van der Waals surface area contributed by atoms with Gasteiger partial charge >= 0.3 is 6.03 Å². The summed E-state index contributed by atoms with van der Waals surface area (Å²) in [7, 11) is 1.70. The quantitative estimate of drug-likeness (QED) is 0.877. The van der Waals surface area contributed by atoms with Crippen LogP contribution in [-0.2, 0) is 6.54 Å². The van der Waals surface area contributed by atoms with Gasteiger partial charge in [-0.05, 0) is 43.3 Å². The van der Waals surface area contributed by atoms with E-state index in [1.165, 1.54) is 6.92 Å². The molecule has 0 atom stereocenters. The van der Waals surface area contributed by atoms with Gasteiger partial charge in [0.1, 0.15) is 0 Å². The van der Waals surface area contributed by atoms with Gasteiger partial charge in [0.25, 0.3) is 0 Å². The van der Waals surface area contributed by atoms with E-state index in [0.717, 1.165) is 5.69 Å². The highest BCUT2D eigenvalue weighted by Gasteiger charge is 2.10. The smallest absolute Gasteiger partial charge is 0.321 e. The number of hydrogen-bond acceptors (Lipinski definition) is 3. The third-order valence-electron chi connectivity index (χ3n) is 3.01. The van der Waals surface area contributed by atoms with Crippen LogP contribution < -0.4 is 5.32 Å². The molecule has 1 N–H and O–H groups in total. The molecule has 0 fully saturated rings. The van der Waals surface area contributed by atoms with E-state index in [9.17, 15) is 9.59 Å². The maximum absolute atomic E-state index is 12.1. The molecule has 2 amide bonds. The lowest BCUT2D eigenvalue weighted by molar-refractivity contribution is 0.101. The van der Waals surface area contributed by atoms with Crippen LogP contribution in [0.4, 0.5) is 10.5 Å². The van der Waals surface area contributed by atoms with Crippen LogP contribution in [0.5, 0.6) is 0 Å². The number of ketones is 1. The summed E-state index contributed by atoms with van der Waals surface area (Å²) in [6.07, 6.45) is 1.70. The van der Waals surface area contributed by atoms with Crippen LogP contribution in [0.2, 0.25) is 0 Å². The zero-order chi connectivity index (χ0) is 15.2. The van der Waals surface area contributed by atoms with Crippen molar-refractivity contribution in [3.8, 4) is 0 Å². The molecule has 0 radical (unpaired) electrons. The summed E-state index contributed by atoms with van der Waals surface area (Å²) in [4.78, 5) is 29.0. The van der Waals surface area contributed by atoms with Gasteiger partial charge in [-0.25, -0.2) is 4.79 Å². The van der Waals surface area contributed by atoms with Gasteiger partial charge in [0.15, 0.2) is 5.78 Å². The Morgan fingerprint density at radius 2 is 1.86 bits per heavy atom. The summed E-state index contributed by atoms with van der Waals surface area (Å²) in [6.45, 7) is 1.94. The number of amides is 2. The molecule has 0 aliphatic carbocycles. The first-order valence-corrected chi connectivity index (χ1v) is 6.59. The van der Waals surface area contributed by atoms with Crippen molar-refractivity contribution < 1.29 is 9.59 Å². The minimum Gasteiger partial charge on any atom is -0.322 e. The van der Waals surface area contributed by atoms with Crippen molar-refractivity contribution in [3.05, 3.63) is 59.9 Å². The van der Waals surface area contributed by atoms with E-state index in [0.29, 0.717) is 17.8 Å². The minimum absolute atomic E-state index is 0.000136. The van der Waals surface area contributed by atoms with Crippen molar-refractivity contribution in [2.75, 3.05) is 12.4 Å². The number of nitrogens with one attached hydrogen (secondary N) is 1. The van der Waals surface area contributed by atoms with Crippen LogP contribution in [0, 0.1) is 0 Å². The second kappa shape index (κ2) is 6.65. The van der Waals surface area contributed by atoms with Gasteiger partial charge in [-0.1, -0.05) is 6.07 Å². The van der Waals surface area contributed by atoms with Gasteiger partial charge in [0.2, 0.25) is 0 Å². The molecular formula is C16H17N3O2. The van der Waals surface area contributed by atoms with Crippen molar-refractivity contribution in [2.45, 2.75) is 13.5 Å². The molecule has 21 heavy (non-hydrogen) atoms. The number of Topliss-reactive ketones (excluding diaryl/α,β-unsaturated/α-hetero) is 1. The monoisotopic (exact) mass is 283 g/mol. The summed E-state index contributed by atoms with van der Waals surface area (Å²) >= 11 is 0. The normalized spacial score (nSPS) is 10.0. The van der Waals surface area contributed by atoms with Crippen LogP contribution in [0.25, 0.3) is 0 Å². The van der Waals surface area contributed by atoms with E-state index in [2.05, 4.69) is 10.3 Å². The van der Waals surface area contributed by atoms with E-state index in [-0.39, 0.29) is 11.8 Å². The average Bonchev–Trinajstić information content (AvgIpc) is 2.48. The third kappa shape index (κ3) is 4.14. The SMILES string of the molecule is CC(=O)c1ccc(NC(=O)N(C)Cc2ccccn2)cc1. The Hall–Kier alpha value is -2.69. The molecule has 5 nitrogen and oxygen atoms in total. The Bertz CT molecular complexity index is 624. The standard InChI is InChI=1S/C16H17N3O2/c1-12(20)13-6-8-14(9-7-13)18-16(21)19(2)11-15-5-3-4-10-17-15/h3-10H,11H2,1-2H3,(H,18,21). The highest BCUT2D eigenvalue weighted by molar-refractivity contribution is 5.95. The van der Waals surface area contributed by atoms with Gasteiger partial charge in [0.05, 0.1) is 12.2 Å². The van der Waals surface area contributed by atoms with Gasteiger partial charge in [0, 0.05) is 24.5 Å². The molecule has 2 rings (SSSR count). The molecule has 0 saturated carbocycles. The highest BCUT2D eigenvalue weighted by atomic mass is 16.2. The summed E-state index contributed by atoms with van der Waals surface area (Å²) in [5.74, 6) is 0.000136. The lowest BCUT2D eigenvalue weighted by Gasteiger charge is -2.17. The molecule has 1 aromatic carbocycles. The number of hydrogen-bond donors (Lipinski definition) is 1. The Morgan fingerprint density at radius 3 is 2.43 bits per heavy atom. The fourth-order valence-electron chi connectivity index (χ4n) is 1.81. The Balaban J connectivity index is 1.95. The first-order valence-electron chi connectivity index (χ1n) is 6.59. The van der Waals surface area contributed by atoms with Gasteiger partial charge in [-0.2, -0.15) is 0 Å². The summed E-state index contributed by atoms with van der Waals surface area (Å²) < 4.78 is 0. The van der Waals surface area contributed by atoms with E-state index in [1.54, 1.807) is 42.4 Å². The van der Waals surface area contributed by atoms with E-state index < -0.39 is 0 Å². The molecule has 1 aromatic heterocycles. The van der Waals surface area contributed by atoms with Gasteiger partial charge in [-0.15, -0.1) is 0 Å². The number of urea groups is 1. The number of carbonyl (C=O) groups is 2. The predicted molar refractivity (Wildman–Crippen MR) is 81.2 cm³/mol. The molecular weight excluding hydrogens is 266 g/mol. The molecule has 0 spiro atoms. The molecule has 0 bridgehead atoms. The fraction of sp³-hybridized carbons (Fsp3) is 0.188. The Kier molecular flexibility index (Phi) is 4.66. The van der Waals surface area contributed by atoms with Gasteiger partial charge in [-0.3, -0.25) is 9.78 Å². The number of rotatable bonds is 4. The minimum atomic E-state index is -0.226. The Morgan fingerprint density at radius 1 is 1.14 bits per heavy atom. The topological polar surface area (TPSA) is 62.3 Å². The maximum atomic E-state index is 12.1. The van der Waals surface area contributed by atoms with Crippen LogP contribution in [-0.4, -0.2) is 28.7 Å². The predicted octanol–water partition coefficient (Wildman–Crippen LogP) is 2.95. The van der Waals surface area contributed by atoms with Crippen molar-refractivity contribution in [1.29, 1.82) is 0 Å². The summed E-state index contributed by atoms with van der Waals surface area (Å²) in [5.41, 5.74) is 2.09. The van der Waals surface area contributed by atoms with Crippen molar-refractivity contribution in [1.82, 2.24) is 9.88 Å². The molecule has 0 unspecified atom stereocenters. The number of aromatic nitrogens is 1. The highest BCUT2D eigenvalue weighted by Crippen LogP contribution is 2.11. The average molecular weight is 283 g/mol. The molecule has 1 heterocycles. The van der Waals surface area contributed by atoms with Crippen molar-refractivity contribution in [2.24, 2.45) is 0 Å². The van der Waals surface area contributed by atoms with Crippen LogP contribution in [0.3, 0.4) is 0 Å². The van der Waals surface area contributed by atoms with E-state index in [1.807, 2.05) is 18.2 Å². The van der Waals surface area contributed by atoms with E-state index >= 15 is 0 Å². The second-order valence-electron chi connectivity index (χ2n) is 4.74. The zero-order valence-corrected chi connectivity index (χ0v) is 12.0. The second-order valence-corrected chi connectivity index (χ2v) is 4.74. The number of benzene rings is 1. The molecule has 0 saturated heterocycles. The van der Waals surface area contributed by atoms with Crippen LogP contribution >= 0.6 is 0 Å². The number of pyridine rings is 1. The first-order chi connectivity index (χ1) is 10.1. The zero-order valence-electron chi connectivity index (χ0n) is 12.0. The van der Waals surface area contributed by atoms with E-state index in [4.69, 9.17) is 0 Å². The largest absolute Gasteiger partial charge is 0.322 e. The lowest BCUT2D eigenvalue weighted by atomic mass is 10.1. The molecule has 5 heteroatoms. The molecule has 108 valence electrons. The fourth-order valence-corrected chi connectivity index (χ4v) is 1.81. The van der Waals surface area contributed by atoms with Crippen LogP contribution in [0.15, 0.2) is 48.7 Å². The first kappa shape index (κ1) is 14.7. The van der Waals surface area contributed by atoms with Crippen molar-refractivity contribution >= 4 is 17.5 Å². The maximum Gasteiger partial charge on any atom is 0.321 e. The molecule has 2 aromatic rings. The molecule has 0 aliphatic heterocycles. The van der Waals surface area contributed by atoms with Crippen LogP contribution in [0.1, 0.15) is 23.0 Å². The molecule has 0 aliphatic rings. The number of carbonyl (C=O) groups excluding carboxylic acids is 2. The van der Waals surface area contributed by atoms with Crippen molar-refractivity contribution in [3.63, 3.8) is 0 Å². The number of anilines is 1.